The highest BCUT2D eigenvalue weighted by Crippen LogP contribution is 2.42. The van der Waals surface area contributed by atoms with Gasteiger partial charge in [0.05, 0.1) is 11.7 Å². The summed E-state index contributed by atoms with van der Waals surface area (Å²) in [6, 6.07) is 13.6. The van der Waals surface area contributed by atoms with Crippen LogP contribution < -0.4 is 4.90 Å². The zero-order valence-electron chi connectivity index (χ0n) is 14.6. The maximum absolute atomic E-state index is 13.0. The zero-order valence-corrected chi connectivity index (χ0v) is 16.9. The molecule has 1 unspecified atom stereocenters. The van der Waals surface area contributed by atoms with E-state index in [0.717, 1.165) is 34.1 Å². The van der Waals surface area contributed by atoms with Gasteiger partial charge in [-0.05, 0) is 62.9 Å². The van der Waals surface area contributed by atoms with Crippen LogP contribution in [0.15, 0.2) is 46.9 Å². The first-order valence-electron chi connectivity index (χ1n) is 8.31. The number of ether oxygens (including phenoxy) is 1. The molecule has 0 bridgehead atoms. The molecule has 3 rings (SSSR count). The van der Waals surface area contributed by atoms with E-state index in [0.29, 0.717) is 5.02 Å². The Hall–Kier alpha value is -1.52. The number of anilines is 1. The summed E-state index contributed by atoms with van der Waals surface area (Å²) >= 11 is 9.95. The van der Waals surface area contributed by atoms with Crippen molar-refractivity contribution >= 4 is 39.3 Å². The Labute approximate surface area is 162 Å². The van der Waals surface area contributed by atoms with Crippen molar-refractivity contribution in [1.82, 2.24) is 0 Å². The van der Waals surface area contributed by atoms with E-state index in [1.165, 1.54) is 0 Å². The molecule has 0 spiro atoms. The third kappa shape index (κ3) is 4.01. The lowest BCUT2D eigenvalue weighted by Crippen LogP contribution is -2.42. The van der Waals surface area contributed by atoms with Crippen LogP contribution in [-0.4, -0.2) is 11.7 Å². The molecule has 0 fully saturated rings. The molecule has 0 aliphatic carbocycles. The lowest BCUT2D eigenvalue weighted by molar-refractivity contribution is 0.0560. The van der Waals surface area contributed by atoms with Crippen LogP contribution in [0.4, 0.5) is 10.5 Å². The van der Waals surface area contributed by atoms with Crippen molar-refractivity contribution in [2.45, 2.75) is 45.3 Å². The molecule has 25 heavy (non-hydrogen) atoms. The van der Waals surface area contributed by atoms with Crippen LogP contribution in [0.1, 0.15) is 44.4 Å². The standard InChI is InChI=1S/C20H21BrClNO2/c1-20(2,3)25-19(24)23-17(15-6-4-5-7-16(15)22)11-9-13-8-10-14(21)12-18(13)23/h4-8,10,12,17H,9,11H2,1-3H3. The van der Waals surface area contributed by atoms with Gasteiger partial charge in [-0.2, -0.15) is 0 Å². The number of hydrogen-bond acceptors (Lipinski definition) is 2. The van der Waals surface area contributed by atoms with Crippen molar-refractivity contribution in [3.8, 4) is 0 Å². The predicted octanol–water partition coefficient (Wildman–Crippen LogP) is 6.53. The van der Waals surface area contributed by atoms with Crippen molar-refractivity contribution in [2.24, 2.45) is 0 Å². The smallest absolute Gasteiger partial charge is 0.415 e. The first-order chi connectivity index (χ1) is 11.8. The molecule has 0 saturated carbocycles. The van der Waals surface area contributed by atoms with Gasteiger partial charge in [-0.25, -0.2) is 4.79 Å². The van der Waals surface area contributed by atoms with Gasteiger partial charge in [-0.1, -0.05) is 51.8 Å². The molecule has 0 saturated heterocycles. The second-order valence-electron chi connectivity index (χ2n) is 7.20. The van der Waals surface area contributed by atoms with Gasteiger partial charge >= 0.3 is 6.09 Å². The number of benzene rings is 2. The number of carbonyl (C=O) groups excluding carboxylic acids is 1. The third-order valence-electron chi connectivity index (χ3n) is 4.16. The Morgan fingerprint density at radius 1 is 1.24 bits per heavy atom. The van der Waals surface area contributed by atoms with Gasteiger partial charge in [-0.3, -0.25) is 4.90 Å². The van der Waals surface area contributed by atoms with Crippen LogP contribution in [0.3, 0.4) is 0 Å². The summed E-state index contributed by atoms with van der Waals surface area (Å²) in [5, 5.41) is 0.666. The molecule has 132 valence electrons. The van der Waals surface area contributed by atoms with Crippen LogP contribution in [0.2, 0.25) is 5.02 Å². The van der Waals surface area contributed by atoms with E-state index >= 15 is 0 Å². The number of hydrogen-bond donors (Lipinski definition) is 0. The molecule has 2 aromatic rings. The minimum absolute atomic E-state index is 0.148. The minimum Gasteiger partial charge on any atom is -0.443 e. The second-order valence-corrected chi connectivity index (χ2v) is 8.52. The fourth-order valence-electron chi connectivity index (χ4n) is 3.14. The summed E-state index contributed by atoms with van der Waals surface area (Å²) in [6.07, 6.45) is 1.34. The molecule has 0 N–H and O–H groups in total. The highest BCUT2D eigenvalue weighted by atomic mass is 79.9. The molecule has 1 atom stereocenters. The molecule has 2 aromatic carbocycles. The summed E-state index contributed by atoms with van der Waals surface area (Å²) in [6.45, 7) is 5.63. The SMILES string of the molecule is CC(C)(C)OC(=O)N1c2cc(Br)ccc2CCC1c1ccccc1Cl. The molecule has 1 aliphatic rings. The van der Waals surface area contributed by atoms with Crippen LogP contribution in [-0.2, 0) is 11.2 Å². The predicted molar refractivity (Wildman–Crippen MR) is 105 cm³/mol. The van der Waals surface area contributed by atoms with E-state index in [9.17, 15) is 4.79 Å². The number of nitrogens with zero attached hydrogens (tertiary/aromatic N) is 1. The highest BCUT2D eigenvalue weighted by molar-refractivity contribution is 9.10. The van der Waals surface area contributed by atoms with E-state index in [1.807, 2.05) is 57.2 Å². The van der Waals surface area contributed by atoms with Crippen LogP contribution >= 0.6 is 27.5 Å². The van der Waals surface area contributed by atoms with E-state index in [2.05, 4.69) is 22.0 Å². The monoisotopic (exact) mass is 421 g/mol. The van der Waals surface area contributed by atoms with E-state index in [1.54, 1.807) is 4.90 Å². The normalized spacial score (nSPS) is 17.2. The van der Waals surface area contributed by atoms with E-state index in [-0.39, 0.29) is 12.1 Å². The molecule has 0 radical (unpaired) electrons. The summed E-state index contributed by atoms with van der Waals surface area (Å²) in [4.78, 5) is 14.8. The van der Waals surface area contributed by atoms with Crippen molar-refractivity contribution < 1.29 is 9.53 Å². The first kappa shape index (κ1) is 18.3. The molecular formula is C20H21BrClNO2. The molecular weight excluding hydrogens is 402 g/mol. The Balaban J connectivity index is 2.09. The van der Waals surface area contributed by atoms with Crippen molar-refractivity contribution in [3.05, 3.63) is 63.1 Å². The molecule has 1 amide bonds. The lowest BCUT2D eigenvalue weighted by Gasteiger charge is -2.38. The number of fused-ring (bicyclic) bond motifs is 1. The van der Waals surface area contributed by atoms with Gasteiger partial charge in [0.2, 0.25) is 0 Å². The number of aryl methyl sites for hydroxylation is 1. The molecule has 1 aliphatic heterocycles. The van der Waals surface area contributed by atoms with Crippen LogP contribution in [0.5, 0.6) is 0 Å². The summed E-state index contributed by atoms with van der Waals surface area (Å²) in [5.41, 5.74) is 2.39. The number of rotatable bonds is 1. The van der Waals surface area contributed by atoms with Gasteiger partial charge < -0.3 is 4.74 Å². The van der Waals surface area contributed by atoms with Crippen molar-refractivity contribution in [3.63, 3.8) is 0 Å². The summed E-state index contributed by atoms with van der Waals surface area (Å²) < 4.78 is 6.62. The summed E-state index contributed by atoms with van der Waals surface area (Å²) in [7, 11) is 0. The Kier molecular flexibility index (Phi) is 5.12. The van der Waals surface area contributed by atoms with Crippen LogP contribution in [0, 0.1) is 0 Å². The maximum atomic E-state index is 13.0. The van der Waals surface area contributed by atoms with Crippen molar-refractivity contribution in [2.75, 3.05) is 4.90 Å². The lowest BCUT2D eigenvalue weighted by atomic mass is 9.91. The average molecular weight is 423 g/mol. The maximum Gasteiger partial charge on any atom is 0.415 e. The molecule has 3 nitrogen and oxygen atoms in total. The van der Waals surface area contributed by atoms with E-state index in [4.69, 9.17) is 16.3 Å². The Morgan fingerprint density at radius 2 is 1.96 bits per heavy atom. The van der Waals surface area contributed by atoms with Gasteiger partial charge in [0.15, 0.2) is 0 Å². The number of amides is 1. The van der Waals surface area contributed by atoms with Gasteiger partial charge in [0.25, 0.3) is 0 Å². The van der Waals surface area contributed by atoms with Gasteiger partial charge in [0, 0.05) is 9.50 Å². The Bertz CT molecular complexity index is 801. The fraction of sp³-hybridized carbons (Fsp3) is 0.350. The van der Waals surface area contributed by atoms with Crippen LogP contribution in [0.25, 0.3) is 0 Å². The van der Waals surface area contributed by atoms with Gasteiger partial charge in [0.1, 0.15) is 5.60 Å². The molecule has 5 heteroatoms. The molecule has 0 aromatic heterocycles. The number of carbonyl (C=O) groups is 1. The first-order valence-corrected chi connectivity index (χ1v) is 9.48. The van der Waals surface area contributed by atoms with Gasteiger partial charge in [-0.15, -0.1) is 0 Å². The zero-order chi connectivity index (χ0) is 18.2. The molecule has 1 heterocycles. The highest BCUT2D eigenvalue weighted by Gasteiger charge is 2.35. The topological polar surface area (TPSA) is 29.5 Å². The second kappa shape index (κ2) is 7.00. The fourth-order valence-corrected chi connectivity index (χ4v) is 3.75. The number of halogens is 2. The van der Waals surface area contributed by atoms with Crippen molar-refractivity contribution in [1.29, 1.82) is 0 Å². The quantitative estimate of drug-likeness (QED) is 0.523. The largest absolute Gasteiger partial charge is 0.443 e. The Morgan fingerprint density at radius 3 is 2.64 bits per heavy atom. The minimum atomic E-state index is -0.564. The van der Waals surface area contributed by atoms with E-state index < -0.39 is 5.60 Å². The average Bonchev–Trinajstić information content (AvgIpc) is 2.52. The third-order valence-corrected chi connectivity index (χ3v) is 5.00. The summed E-state index contributed by atoms with van der Waals surface area (Å²) in [5.74, 6) is 0.